The summed E-state index contributed by atoms with van der Waals surface area (Å²) in [4.78, 5) is 15.2. The van der Waals surface area contributed by atoms with Gasteiger partial charge in [-0.05, 0) is 12.1 Å². The number of nitrogens with zero attached hydrogens (tertiary/aromatic N) is 4. The van der Waals surface area contributed by atoms with Crippen molar-refractivity contribution >= 4 is 17.5 Å². The van der Waals surface area contributed by atoms with Gasteiger partial charge in [-0.15, -0.1) is 10.2 Å². The quantitative estimate of drug-likeness (QED) is 0.498. The van der Waals surface area contributed by atoms with Crippen LogP contribution in [0, 0.1) is 0 Å². The Hall–Kier alpha value is -2.64. The molecule has 20 heavy (non-hydrogen) atoms. The van der Waals surface area contributed by atoms with Crippen molar-refractivity contribution in [2.75, 3.05) is 20.6 Å². The van der Waals surface area contributed by atoms with Gasteiger partial charge in [-0.2, -0.15) is 0 Å². The molecule has 2 aromatic heterocycles. The second-order valence-electron chi connectivity index (χ2n) is 4.00. The molecule has 0 aliphatic rings. The van der Waals surface area contributed by atoms with Gasteiger partial charge < -0.3 is 16.0 Å². The number of nitrogens with one attached hydrogen (secondary N) is 3. The van der Waals surface area contributed by atoms with Crippen LogP contribution in [-0.4, -0.2) is 47.1 Å². The number of amides is 1. The molecule has 0 atom stereocenters. The summed E-state index contributed by atoms with van der Waals surface area (Å²) < 4.78 is 1.89. The number of hydrogen-bond acceptors (Lipinski definition) is 4. The van der Waals surface area contributed by atoms with Gasteiger partial charge in [0.25, 0.3) is 0 Å². The maximum atomic E-state index is 11.2. The first-order valence-corrected chi connectivity index (χ1v) is 6.18. The lowest BCUT2D eigenvalue weighted by molar-refractivity contribution is -0.119. The summed E-state index contributed by atoms with van der Waals surface area (Å²) in [6, 6.07) is 5.71. The third-order valence-electron chi connectivity index (χ3n) is 2.72. The van der Waals surface area contributed by atoms with Crippen molar-refractivity contribution < 1.29 is 4.79 Å². The van der Waals surface area contributed by atoms with E-state index in [1.165, 1.54) is 0 Å². The Balaban J connectivity index is 1.95. The maximum Gasteiger partial charge on any atom is 0.239 e. The number of hydrogen-bond donors (Lipinski definition) is 3. The van der Waals surface area contributed by atoms with Crippen LogP contribution in [0.1, 0.15) is 5.82 Å². The maximum absolute atomic E-state index is 11.2. The largest absolute Gasteiger partial charge is 0.358 e. The highest BCUT2D eigenvalue weighted by Crippen LogP contribution is 2.01. The third kappa shape index (κ3) is 3.22. The van der Waals surface area contributed by atoms with Gasteiger partial charge in [0, 0.05) is 20.3 Å². The Labute approximate surface area is 116 Å². The number of aliphatic imine (C=N–C) groups is 1. The summed E-state index contributed by atoms with van der Waals surface area (Å²) >= 11 is 0. The molecular formula is C12H17N7O. The van der Waals surface area contributed by atoms with E-state index in [0.717, 1.165) is 11.5 Å². The van der Waals surface area contributed by atoms with E-state index in [1.54, 1.807) is 14.1 Å². The van der Waals surface area contributed by atoms with Crippen LogP contribution in [0.4, 0.5) is 0 Å². The van der Waals surface area contributed by atoms with E-state index in [1.807, 2.05) is 28.8 Å². The smallest absolute Gasteiger partial charge is 0.239 e. The Morgan fingerprint density at radius 2 is 2.20 bits per heavy atom. The van der Waals surface area contributed by atoms with E-state index in [-0.39, 0.29) is 12.5 Å². The fourth-order valence-corrected chi connectivity index (χ4v) is 1.65. The van der Waals surface area contributed by atoms with Crippen molar-refractivity contribution in [1.29, 1.82) is 0 Å². The molecule has 2 aromatic rings. The normalized spacial score (nSPS) is 11.4. The van der Waals surface area contributed by atoms with Crippen LogP contribution in [0.2, 0.25) is 0 Å². The van der Waals surface area contributed by atoms with Crippen molar-refractivity contribution in [2.45, 2.75) is 6.54 Å². The van der Waals surface area contributed by atoms with E-state index in [9.17, 15) is 4.79 Å². The van der Waals surface area contributed by atoms with E-state index in [0.29, 0.717) is 12.5 Å². The number of carbonyl (C=O) groups is 1. The van der Waals surface area contributed by atoms with Gasteiger partial charge in [0.05, 0.1) is 13.1 Å². The first-order valence-electron chi connectivity index (χ1n) is 6.18. The van der Waals surface area contributed by atoms with Crippen LogP contribution in [-0.2, 0) is 11.3 Å². The molecule has 106 valence electrons. The van der Waals surface area contributed by atoms with Crippen molar-refractivity contribution in [2.24, 2.45) is 4.99 Å². The van der Waals surface area contributed by atoms with Crippen molar-refractivity contribution in [3.05, 3.63) is 30.2 Å². The van der Waals surface area contributed by atoms with Gasteiger partial charge in [-0.3, -0.25) is 14.2 Å². The van der Waals surface area contributed by atoms with Crippen molar-refractivity contribution in [3.8, 4) is 0 Å². The summed E-state index contributed by atoms with van der Waals surface area (Å²) in [6.45, 7) is 0.620. The van der Waals surface area contributed by atoms with Gasteiger partial charge in [-0.25, -0.2) is 0 Å². The van der Waals surface area contributed by atoms with Gasteiger partial charge >= 0.3 is 0 Å². The zero-order valence-electron chi connectivity index (χ0n) is 11.4. The number of fused-ring (bicyclic) bond motifs is 1. The summed E-state index contributed by atoms with van der Waals surface area (Å²) in [5.41, 5.74) is 0.789. The standard InChI is InChI=1S/C12H17N7O/c1-13-11(20)8-16-12(14-2)15-7-10-18-17-9-5-3-4-6-19(9)10/h3-6H,7-8H2,1-2H3,(H,13,20)(H2,14,15,16). The predicted octanol–water partition coefficient (Wildman–Crippen LogP) is -0.860. The van der Waals surface area contributed by atoms with Crippen LogP contribution < -0.4 is 16.0 Å². The fraction of sp³-hybridized carbons (Fsp3) is 0.333. The molecule has 8 nitrogen and oxygen atoms in total. The Morgan fingerprint density at radius 1 is 1.35 bits per heavy atom. The van der Waals surface area contributed by atoms with Crippen LogP contribution in [0.25, 0.3) is 5.65 Å². The molecule has 0 aromatic carbocycles. The highest BCUT2D eigenvalue weighted by Gasteiger charge is 2.06. The van der Waals surface area contributed by atoms with Crippen molar-refractivity contribution in [1.82, 2.24) is 30.5 Å². The summed E-state index contributed by atoms with van der Waals surface area (Å²) in [5.74, 6) is 1.19. The summed E-state index contributed by atoms with van der Waals surface area (Å²) in [6.07, 6.45) is 1.90. The van der Waals surface area contributed by atoms with E-state index in [2.05, 4.69) is 31.1 Å². The van der Waals surface area contributed by atoms with E-state index >= 15 is 0 Å². The van der Waals surface area contributed by atoms with Gasteiger partial charge in [0.1, 0.15) is 0 Å². The Bertz CT molecular complexity index is 619. The minimum Gasteiger partial charge on any atom is -0.358 e. The van der Waals surface area contributed by atoms with Crippen LogP contribution in [0.15, 0.2) is 29.4 Å². The SMILES string of the molecule is CN=C(NCC(=O)NC)NCc1nnc2ccccn12. The van der Waals surface area contributed by atoms with Crippen LogP contribution >= 0.6 is 0 Å². The van der Waals surface area contributed by atoms with Crippen molar-refractivity contribution in [3.63, 3.8) is 0 Å². The molecule has 3 N–H and O–H groups in total. The zero-order valence-corrected chi connectivity index (χ0v) is 11.4. The number of carbonyl (C=O) groups excluding carboxylic acids is 1. The Kier molecular flexibility index (Phi) is 4.48. The van der Waals surface area contributed by atoms with Gasteiger partial charge in [0.15, 0.2) is 17.4 Å². The lowest BCUT2D eigenvalue weighted by atomic mass is 10.4. The number of pyridine rings is 1. The van der Waals surface area contributed by atoms with E-state index in [4.69, 9.17) is 0 Å². The fourth-order valence-electron chi connectivity index (χ4n) is 1.65. The summed E-state index contributed by atoms with van der Waals surface area (Å²) in [5, 5.41) is 16.7. The first kappa shape index (κ1) is 13.8. The van der Waals surface area contributed by atoms with E-state index < -0.39 is 0 Å². The molecule has 0 aliphatic carbocycles. The molecule has 0 spiro atoms. The molecule has 0 aliphatic heterocycles. The molecule has 2 heterocycles. The first-order chi connectivity index (χ1) is 9.74. The number of aromatic nitrogens is 3. The molecule has 0 unspecified atom stereocenters. The monoisotopic (exact) mass is 275 g/mol. The third-order valence-corrected chi connectivity index (χ3v) is 2.72. The molecule has 0 fully saturated rings. The number of rotatable bonds is 4. The predicted molar refractivity (Wildman–Crippen MR) is 75.3 cm³/mol. The summed E-state index contributed by atoms with van der Waals surface area (Å²) in [7, 11) is 3.23. The zero-order chi connectivity index (χ0) is 14.4. The molecular weight excluding hydrogens is 258 g/mol. The lowest BCUT2D eigenvalue weighted by Crippen LogP contribution is -2.42. The van der Waals surface area contributed by atoms with Crippen LogP contribution in [0.3, 0.4) is 0 Å². The molecule has 0 radical (unpaired) electrons. The minimum absolute atomic E-state index is 0.110. The second kappa shape index (κ2) is 6.50. The molecule has 8 heteroatoms. The molecule has 0 saturated heterocycles. The van der Waals surface area contributed by atoms with Gasteiger partial charge in [0.2, 0.25) is 5.91 Å². The molecule has 1 amide bonds. The second-order valence-corrected chi connectivity index (χ2v) is 4.00. The lowest BCUT2D eigenvalue weighted by Gasteiger charge is -2.10. The topological polar surface area (TPSA) is 95.7 Å². The number of guanidine groups is 1. The molecule has 2 rings (SSSR count). The molecule has 0 bridgehead atoms. The highest BCUT2D eigenvalue weighted by atomic mass is 16.1. The Morgan fingerprint density at radius 3 is 2.95 bits per heavy atom. The highest BCUT2D eigenvalue weighted by molar-refractivity contribution is 5.86. The van der Waals surface area contributed by atoms with Crippen LogP contribution in [0.5, 0.6) is 0 Å². The number of likely N-dealkylation sites (N-methyl/N-ethyl adjacent to an activating group) is 1. The minimum atomic E-state index is -0.110. The average molecular weight is 275 g/mol. The van der Waals surface area contributed by atoms with Gasteiger partial charge in [-0.1, -0.05) is 6.07 Å². The average Bonchev–Trinajstić information content (AvgIpc) is 2.90. The molecule has 0 saturated carbocycles.